The normalized spacial score (nSPS) is 14.8. The summed E-state index contributed by atoms with van der Waals surface area (Å²) in [7, 11) is 0. The van der Waals surface area contributed by atoms with Crippen LogP contribution in [0.25, 0.3) is 10.9 Å². The number of nitrogens with zero attached hydrogens (tertiary/aromatic N) is 1. The van der Waals surface area contributed by atoms with Gasteiger partial charge in [0, 0.05) is 42.1 Å². The molecule has 2 amide bonds. The molecular formula is C25H29N3O2. The number of nitrogens with one attached hydrogen (secondary N) is 2. The molecule has 0 spiro atoms. The number of likely N-dealkylation sites (tertiary alicyclic amines) is 1. The number of benzene rings is 2. The number of piperidine rings is 1. The minimum absolute atomic E-state index is 0.0183. The van der Waals surface area contributed by atoms with Crippen LogP contribution < -0.4 is 5.32 Å². The topological polar surface area (TPSA) is 65.2 Å². The van der Waals surface area contributed by atoms with E-state index in [9.17, 15) is 9.59 Å². The molecule has 1 aliphatic rings. The number of aryl methyl sites for hydroxylation is 2. The van der Waals surface area contributed by atoms with Crippen molar-refractivity contribution >= 4 is 22.7 Å². The zero-order valence-corrected chi connectivity index (χ0v) is 17.7. The van der Waals surface area contributed by atoms with Crippen LogP contribution in [-0.2, 0) is 22.6 Å². The van der Waals surface area contributed by atoms with Crippen molar-refractivity contribution < 1.29 is 9.59 Å². The Labute approximate surface area is 177 Å². The van der Waals surface area contributed by atoms with Crippen LogP contribution in [0.3, 0.4) is 0 Å². The predicted molar refractivity (Wildman–Crippen MR) is 119 cm³/mol. The Kier molecular flexibility index (Phi) is 5.88. The molecule has 0 aliphatic carbocycles. The number of aromatic amines is 1. The number of rotatable bonds is 5. The average molecular weight is 404 g/mol. The Balaban J connectivity index is 1.32. The van der Waals surface area contributed by atoms with Crippen molar-refractivity contribution in [3.05, 3.63) is 70.9 Å². The Hall–Kier alpha value is -3.08. The fourth-order valence-electron chi connectivity index (χ4n) is 4.31. The van der Waals surface area contributed by atoms with Gasteiger partial charge < -0.3 is 15.2 Å². The smallest absolute Gasteiger partial charge is 0.227 e. The van der Waals surface area contributed by atoms with Crippen LogP contribution in [0.5, 0.6) is 0 Å². The number of aromatic nitrogens is 1. The van der Waals surface area contributed by atoms with Gasteiger partial charge in [-0.3, -0.25) is 9.59 Å². The van der Waals surface area contributed by atoms with Gasteiger partial charge in [0.15, 0.2) is 0 Å². The van der Waals surface area contributed by atoms with Crippen molar-refractivity contribution in [3.63, 3.8) is 0 Å². The van der Waals surface area contributed by atoms with Crippen LogP contribution in [0.4, 0.5) is 0 Å². The summed E-state index contributed by atoms with van der Waals surface area (Å²) >= 11 is 0. The van der Waals surface area contributed by atoms with E-state index in [-0.39, 0.29) is 17.7 Å². The van der Waals surface area contributed by atoms with E-state index in [1.165, 1.54) is 5.56 Å². The van der Waals surface area contributed by atoms with Crippen molar-refractivity contribution in [2.45, 2.75) is 39.7 Å². The van der Waals surface area contributed by atoms with Gasteiger partial charge in [0.1, 0.15) is 0 Å². The zero-order chi connectivity index (χ0) is 21.1. The second kappa shape index (κ2) is 8.74. The van der Waals surface area contributed by atoms with E-state index >= 15 is 0 Å². The summed E-state index contributed by atoms with van der Waals surface area (Å²) in [5.74, 6) is 0.216. The van der Waals surface area contributed by atoms with Crippen molar-refractivity contribution in [2.24, 2.45) is 5.92 Å². The molecule has 5 nitrogen and oxygen atoms in total. The SMILES string of the molecule is Cc1ccc2[nH]c(C)c(CC(=O)N3CCC(C(=O)NCc4ccccc4)CC3)c2c1. The van der Waals surface area contributed by atoms with Gasteiger partial charge in [-0.1, -0.05) is 42.0 Å². The van der Waals surface area contributed by atoms with Gasteiger partial charge in [-0.05, 0) is 49.9 Å². The third-order valence-corrected chi connectivity index (χ3v) is 6.13. The Morgan fingerprint density at radius 1 is 1.07 bits per heavy atom. The molecule has 0 unspecified atom stereocenters. The van der Waals surface area contributed by atoms with Gasteiger partial charge in [-0.25, -0.2) is 0 Å². The first-order chi connectivity index (χ1) is 14.5. The molecule has 3 aromatic rings. The molecule has 0 saturated carbocycles. The maximum atomic E-state index is 12.9. The van der Waals surface area contributed by atoms with Crippen LogP contribution in [0.1, 0.15) is 35.2 Å². The van der Waals surface area contributed by atoms with Gasteiger partial charge in [0.25, 0.3) is 0 Å². The van der Waals surface area contributed by atoms with Gasteiger partial charge in [-0.15, -0.1) is 0 Å². The van der Waals surface area contributed by atoms with E-state index < -0.39 is 0 Å². The number of hydrogen-bond donors (Lipinski definition) is 2. The zero-order valence-electron chi connectivity index (χ0n) is 17.7. The second-order valence-corrected chi connectivity index (χ2v) is 8.31. The van der Waals surface area contributed by atoms with Crippen LogP contribution in [0.2, 0.25) is 0 Å². The summed E-state index contributed by atoms with van der Waals surface area (Å²) in [6.45, 7) is 5.94. The molecule has 1 saturated heterocycles. The molecule has 5 heteroatoms. The lowest BCUT2D eigenvalue weighted by Crippen LogP contribution is -2.43. The third kappa shape index (κ3) is 4.40. The highest BCUT2D eigenvalue weighted by Gasteiger charge is 2.27. The van der Waals surface area contributed by atoms with Crippen LogP contribution in [0.15, 0.2) is 48.5 Å². The number of amides is 2. The lowest BCUT2D eigenvalue weighted by atomic mass is 9.95. The Bertz CT molecular complexity index is 1050. The van der Waals surface area contributed by atoms with E-state index in [4.69, 9.17) is 0 Å². The fraction of sp³-hybridized carbons (Fsp3) is 0.360. The summed E-state index contributed by atoms with van der Waals surface area (Å²) in [5, 5.41) is 4.17. The third-order valence-electron chi connectivity index (χ3n) is 6.13. The highest BCUT2D eigenvalue weighted by atomic mass is 16.2. The van der Waals surface area contributed by atoms with E-state index in [1.807, 2.05) is 42.2 Å². The molecule has 0 atom stereocenters. The maximum absolute atomic E-state index is 12.9. The first-order valence-corrected chi connectivity index (χ1v) is 10.7. The molecule has 156 valence electrons. The number of carbonyl (C=O) groups is 2. The Morgan fingerprint density at radius 2 is 1.80 bits per heavy atom. The van der Waals surface area contributed by atoms with Crippen LogP contribution in [0, 0.1) is 19.8 Å². The van der Waals surface area contributed by atoms with Gasteiger partial charge in [0.05, 0.1) is 6.42 Å². The number of H-pyrrole nitrogens is 1. The average Bonchev–Trinajstić information content (AvgIpc) is 3.07. The van der Waals surface area contributed by atoms with E-state index in [0.717, 1.165) is 40.6 Å². The Morgan fingerprint density at radius 3 is 2.53 bits per heavy atom. The van der Waals surface area contributed by atoms with Crippen molar-refractivity contribution in [1.82, 2.24) is 15.2 Å². The van der Waals surface area contributed by atoms with E-state index in [1.54, 1.807) is 0 Å². The minimum atomic E-state index is -0.0183. The van der Waals surface area contributed by atoms with Crippen molar-refractivity contribution in [2.75, 3.05) is 13.1 Å². The van der Waals surface area contributed by atoms with E-state index in [0.29, 0.717) is 26.1 Å². The first kappa shape index (κ1) is 20.2. The van der Waals surface area contributed by atoms with Gasteiger partial charge in [-0.2, -0.15) is 0 Å². The summed E-state index contributed by atoms with van der Waals surface area (Å²) < 4.78 is 0. The lowest BCUT2D eigenvalue weighted by Gasteiger charge is -2.31. The first-order valence-electron chi connectivity index (χ1n) is 10.7. The van der Waals surface area contributed by atoms with Crippen molar-refractivity contribution in [1.29, 1.82) is 0 Å². The molecule has 0 radical (unpaired) electrons. The molecule has 1 fully saturated rings. The van der Waals surface area contributed by atoms with Gasteiger partial charge in [0.2, 0.25) is 11.8 Å². The van der Waals surface area contributed by atoms with Crippen LogP contribution >= 0.6 is 0 Å². The molecule has 1 aliphatic heterocycles. The molecule has 2 heterocycles. The summed E-state index contributed by atoms with van der Waals surface area (Å²) in [4.78, 5) is 30.8. The highest BCUT2D eigenvalue weighted by Crippen LogP contribution is 2.25. The predicted octanol–water partition coefficient (Wildman–Crippen LogP) is 3.88. The lowest BCUT2D eigenvalue weighted by molar-refractivity contribution is -0.135. The standard InChI is InChI=1S/C25H29N3O2/c1-17-8-9-23-22(14-17)21(18(2)27-23)15-24(29)28-12-10-20(11-13-28)25(30)26-16-19-6-4-3-5-7-19/h3-9,14,20,27H,10-13,15-16H2,1-2H3,(H,26,30). The monoisotopic (exact) mass is 403 g/mol. The second-order valence-electron chi connectivity index (χ2n) is 8.31. The minimum Gasteiger partial charge on any atom is -0.358 e. The molecule has 2 N–H and O–H groups in total. The van der Waals surface area contributed by atoms with Crippen molar-refractivity contribution in [3.8, 4) is 0 Å². The molecule has 0 bridgehead atoms. The quantitative estimate of drug-likeness (QED) is 0.679. The number of hydrogen-bond acceptors (Lipinski definition) is 2. The molecule has 2 aromatic carbocycles. The summed E-state index contributed by atoms with van der Waals surface area (Å²) in [5.41, 5.74) is 5.51. The molecule has 4 rings (SSSR count). The van der Waals surface area contributed by atoms with Crippen LogP contribution in [-0.4, -0.2) is 34.8 Å². The molecule has 30 heavy (non-hydrogen) atoms. The highest BCUT2D eigenvalue weighted by molar-refractivity contribution is 5.90. The summed E-state index contributed by atoms with van der Waals surface area (Å²) in [6, 6.07) is 16.2. The number of fused-ring (bicyclic) bond motifs is 1. The van der Waals surface area contributed by atoms with E-state index in [2.05, 4.69) is 35.4 Å². The summed E-state index contributed by atoms with van der Waals surface area (Å²) in [6.07, 6.45) is 1.84. The molecular weight excluding hydrogens is 374 g/mol. The molecule has 1 aromatic heterocycles. The van der Waals surface area contributed by atoms with Gasteiger partial charge >= 0.3 is 0 Å². The number of carbonyl (C=O) groups excluding carboxylic acids is 2. The largest absolute Gasteiger partial charge is 0.358 e. The fourth-order valence-corrected chi connectivity index (χ4v) is 4.31. The maximum Gasteiger partial charge on any atom is 0.227 e.